The molecule has 0 bridgehead atoms. The summed E-state index contributed by atoms with van der Waals surface area (Å²) in [7, 11) is 3.04. The number of carbonyl (C=O) groups excluding carboxylic acids is 1. The molecule has 0 fully saturated rings. The second-order valence-electron chi connectivity index (χ2n) is 4.89. The van der Waals surface area contributed by atoms with E-state index in [9.17, 15) is 4.79 Å². The molecule has 0 aliphatic rings. The van der Waals surface area contributed by atoms with Gasteiger partial charge < -0.3 is 14.2 Å². The van der Waals surface area contributed by atoms with Gasteiger partial charge in [-0.15, -0.1) is 0 Å². The Kier molecular flexibility index (Phi) is 6.65. The number of hydrogen-bond donors (Lipinski definition) is 1. The highest BCUT2D eigenvalue weighted by Crippen LogP contribution is 2.27. The van der Waals surface area contributed by atoms with Crippen molar-refractivity contribution in [2.75, 3.05) is 20.8 Å². The molecule has 0 saturated heterocycles. The molecule has 2 aromatic rings. The Hall–Kier alpha value is -2.73. The van der Waals surface area contributed by atoms with Gasteiger partial charge in [0.05, 0.1) is 32.6 Å². The summed E-state index contributed by atoms with van der Waals surface area (Å²) >= 11 is 5.92. The van der Waals surface area contributed by atoms with Crippen molar-refractivity contribution in [3.63, 3.8) is 0 Å². The fourth-order valence-corrected chi connectivity index (χ4v) is 2.29. The topological polar surface area (TPSA) is 69.2 Å². The lowest BCUT2D eigenvalue weighted by molar-refractivity contribution is 0.0952. The van der Waals surface area contributed by atoms with E-state index in [1.807, 2.05) is 13.0 Å². The Labute approximate surface area is 151 Å². The zero-order chi connectivity index (χ0) is 18.2. The standard InChI is InChI=1S/C18H19ClN2O4/c1-4-25-16-7-5-12(9-17(16)24-3)11-20-21-18(22)14-10-13(19)6-8-15(14)23-2/h5-11H,4H2,1-3H3,(H,21,22)/b20-11+. The van der Waals surface area contributed by atoms with E-state index in [1.165, 1.54) is 19.4 Å². The number of nitrogens with one attached hydrogen (secondary N) is 1. The van der Waals surface area contributed by atoms with Crippen molar-refractivity contribution in [3.8, 4) is 17.2 Å². The van der Waals surface area contributed by atoms with Crippen LogP contribution in [0.1, 0.15) is 22.8 Å². The maximum absolute atomic E-state index is 12.2. The fraction of sp³-hybridized carbons (Fsp3) is 0.222. The van der Waals surface area contributed by atoms with E-state index in [2.05, 4.69) is 10.5 Å². The molecule has 132 valence electrons. The first kappa shape index (κ1) is 18.6. The maximum atomic E-state index is 12.2. The van der Waals surface area contributed by atoms with Crippen molar-refractivity contribution in [2.45, 2.75) is 6.92 Å². The van der Waals surface area contributed by atoms with E-state index in [0.717, 1.165) is 5.56 Å². The van der Waals surface area contributed by atoms with Crippen molar-refractivity contribution in [2.24, 2.45) is 5.10 Å². The molecule has 0 aliphatic carbocycles. The molecule has 0 aliphatic heterocycles. The number of halogens is 1. The molecule has 1 amide bonds. The molecule has 0 heterocycles. The predicted octanol–water partition coefficient (Wildman–Crippen LogP) is 3.52. The largest absolute Gasteiger partial charge is 0.496 e. The molecule has 1 N–H and O–H groups in total. The normalized spacial score (nSPS) is 10.6. The quantitative estimate of drug-likeness (QED) is 0.604. The molecule has 2 aromatic carbocycles. The summed E-state index contributed by atoms with van der Waals surface area (Å²) in [6, 6.07) is 10.1. The third-order valence-electron chi connectivity index (χ3n) is 3.27. The molecular weight excluding hydrogens is 344 g/mol. The Bertz CT molecular complexity index is 778. The summed E-state index contributed by atoms with van der Waals surface area (Å²) in [5, 5.41) is 4.39. The van der Waals surface area contributed by atoms with Crippen LogP contribution in [0.4, 0.5) is 0 Å². The first-order valence-electron chi connectivity index (χ1n) is 7.56. The summed E-state index contributed by atoms with van der Waals surface area (Å²) in [5.41, 5.74) is 3.50. The lowest BCUT2D eigenvalue weighted by Gasteiger charge is -2.09. The first-order valence-corrected chi connectivity index (χ1v) is 7.94. The van der Waals surface area contributed by atoms with Crippen molar-refractivity contribution in [1.82, 2.24) is 5.43 Å². The van der Waals surface area contributed by atoms with Crippen LogP contribution in [0.5, 0.6) is 17.2 Å². The highest BCUT2D eigenvalue weighted by Gasteiger charge is 2.12. The van der Waals surface area contributed by atoms with E-state index in [4.69, 9.17) is 25.8 Å². The number of amides is 1. The lowest BCUT2D eigenvalue weighted by atomic mass is 10.2. The van der Waals surface area contributed by atoms with Crippen LogP contribution in [0.3, 0.4) is 0 Å². The van der Waals surface area contributed by atoms with Gasteiger partial charge in [-0.05, 0) is 48.9 Å². The molecule has 0 spiro atoms. The van der Waals surface area contributed by atoms with Gasteiger partial charge >= 0.3 is 0 Å². The number of carbonyl (C=O) groups is 1. The van der Waals surface area contributed by atoms with Gasteiger partial charge in [-0.2, -0.15) is 5.10 Å². The van der Waals surface area contributed by atoms with Gasteiger partial charge in [-0.25, -0.2) is 5.43 Å². The maximum Gasteiger partial charge on any atom is 0.275 e. The van der Waals surface area contributed by atoms with E-state index in [1.54, 1.807) is 31.4 Å². The van der Waals surface area contributed by atoms with Crippen molar-refractivity contribution >= 4 is 23.7 Å². The minimum atomic E-state index is -0.423. The lowest BCUT2D eigenvalue weighted by Crippen LogP contribution is -2.18. The van der Waals surface area contributed by atoms with E-state index < -0.39 is 5.91 Å². The molecule has 0 aromatic heterocycles. The number of benzene rings is 2. The van der Waals surface area contributed by atoms with Crippen LogP contribution in [-0.2, 0) is 0 Å². The van der Waals surface area contributed by atoms with E-state index >= 15 is 0 Å². The van der Waals surface area contributed by atoms with Crippen LogP contribution < -0.4 is 19.6 Å². The van der Waals surface area contributed by atoms with Gasteiger partial charge in [0.2, 0.25) is 0 Å². The Balaban J connectivity index is 2.10. The zero-order valence-corrected chi connectivity index (χ0v) is 15.0. The second-order valence-corrected chi connectivity index (χ2v) is 5.32. The third kappa shape index (κ3) is 4.87. The molecule has 7 heteroatoms. The van der Waals surface area contributed by atoms with Crippen LogP contribution in [0.2, 0.25) is 5.02 Å². The summed E-state index contributed by atoms with van der Waals surface area (Å²) in [6.07, 6.45) is 1.51. The third-order valence-corrected chi connectivity index (χ3v) is 3.51. The number of ether oxygens (including phenoxy) is 3. The predicted molar refractivity (Wildman–Crippen MR) is 97.2 cm³/mol. The summed E-state index contributed by atoms with van der Waals surface area (Å²) in [4.78, 5) is 12.2. The van der Waals surface area contributed by atoms with Gasteiger partial charge in [0.25, 0.3) is 5.91 Å². The highest BCUT2D eigenvalue weighted by atomic mass is 35.5. The van der Waals surface area contributed by atoms with Gasteiger partial charge in [-0.3, -0.25) is 4.79 Å². The molecule has 0 saturated carbocycles. The smallest absolute Gasteiger partial charge is 0.275 e. The summed E-state index contributed by atoms with van der Waals surface area (Å²) < 4.78 is 15.9. The molecule has 0 atom stereocenters. The number of hydrazone groups is 1. The van der Waals surface area contributed by atoms with Gasteiger partial charge in [0.15, 0.2) is 11.5 Å². The molecule has 25 heavy (non-hydrogen) atoms. The van der Waals surface area contributed by atoms with Gasteiger partial charge in [0, 0.05) is 5.02 Å². The number of nitrogens with zero attached hydrogens (tertiary/aromatic N) is 1. The highest BCUT2D eigenvalue weighted by molar-refractivity contribution is 6.31. The van der Waals surface area contributed by atoms with E-state index in [-0.39, 0.29) is 0 Å². The summed E-state index contributed by atoms with van der Waals surface area (Å²) in [5.74, 6) is 1.23. The van der Waals surface area contributed by atoms with Gasteiger partial charge in [-0.1, -0.05) is 11.6 Å². The number of hydrogen-bond acceptors (Lipinski definition) is 5. The molecular formula is C18H19ClN2O4. The monoisotopic (exact) mass is 362 g/mol. The molecule has 6 nitrogen and oxygen atoms in total. The van der Waals surface area contributed by atoms with Crippen LogP contribution in [-0.4, -0.2) is 32.9 Å². The number of methoxy groups -OCH3 is 2. The van der Waals surface area contributed by atoms with Crippen molar-refractivity contribution in [1.29, 1.82) is 0 Å². The second kappa shape index (κ2) is 8.94. The van der Waals surface area contributed by atoms with E-state index in [0.29, 0.717) is 34.4 Å². The Morgan fingerprint density at radius 1 is 1.12 bits per heavy atom. The minimum absolute atomic E-state index is 0.302. The Morgan fingerprint density at radius 2 is 1.84 bits per heavy atom. The van der Waals surface area contributed by atoms with Crippen LogP contribution in [0, 0.1) is 0 Å². The molecule has 2 rings (SSSR count). The average molecular weight is 363 g/mol. The molecule has 0 unspecified atom stereocenters. The zero-order valence-electron chi connectivity index (χ0n) is 14.2. The van der Waals surface area contributed by atoms with Crippen molar-refractivity contribution in [3.05, 3.63) is 52.5 Å². The van der Waals surface area contributed by atoms with Crippen LogP contribution in [0.25, 0.3) is 0 Å². The fourth-order valence-electron chi connectivity index (χ4n) is 2.12. The number of rotatable bonds is 7. The van der Waals surface area contributed by atoms with Crippen molar-refractivity contribution < 1.29 is 19.0 Å². The molecule has 0 radical (unpaired) electrons. The SMILES string of the molecule is CCOc1ccc(/C=N/NC(=O)c2cc(Cl)ccc2OC)cc1OC. The first-order chi connectivity index (χ1) is 12.1. The Morgan fingerprint density at radius 3 is 2.52 bits per heavy atom. The van der Waals surface area contributed by atoms with Crippen LogP contribution in [0.15, 0.2) is 41.5 Å². The average Bonchev–Trinajstić information content (AvgIpc) is 2.62. The van der Waals surface area contributed by atoms with Crippen LogP contribution >= 0.6 is 11.6 Å². The minimum Gasteiger partial charge on any atom is -0.496 e. The summed E-state index contributed by atoms with van der Waals surface area (Å²) in [6.45, 7) is 2.44. The van der Waals surface area contributed by atoms with Gasteiger partial charge in [0.1, 0.15) is 5.75 Å².